The van der Waals surface area contributed by atoms with Gasteiger partial charge in [-0.05, 0) is 18.1 Å². The van der Waals surface area contributed by atoms with Gasteiger partial charge in [0.2, 0.25) is 0 Å². The fourth-order valence-corrected chi connectivity index (χ4v) is 2.07. The van der Waals surface area contributed by atoms with Crippen LogP contribution >= 0.6 is 0 Å². The highest BCUT2D eigenvalue weighted by Crippen LogP contribution is 2.30. The van der Waals surface area contributed by atoms with E-state index in [2.05, 4.69) is 43.3 Å². The maximum Gasteiger partial charge on any atom is 0.108 e. The number of rotatable bonds is 3. The Balaban J connectivity index is 2.13. The Bertz CT molecular complexity index is 294. The largest absolute Gasteiger partial charge is 0.497 e. The number of hydrogen-bond acceptors (Lipinski definition) is 1. The Morgan fingerprint density at radius 3 is 2.71 bits per heavy atom. The van der Waals surface area contributed by atoms with Crippen molar-refractivity contribution in [2.24, 2.45) is 0 Å². The molecule has 0 fully saturated rings. The van der Waals surface area contributed by atoms with Crippen molar-refractivity contribution in [1.29, 1.82) is 0 Å². The summed E-state index contributed by atoms with van der Waals surface area (Å²) < 4.78 is 5.58. The van der Waals surface area contributed by atoms with E-state index in [9.17, 15) is 0 Å². The molecule has 0 bridgehead atoms. The maximum absolute atomic E-state index is 5.58. The summed E-state index contributed by atoms with van der Waals surface area (Å²) in [4.78, 5) is 0. The highest BCUT2D eigenvalue weighted by atomic mass is 16.5. The summed E-state index contributed by atoms with van der Waals surface area (Å²) in [5, 5.41) is 0. The molecule has 2 unspecified atom stereocenters. The van der Waals surface area contributed by atoms with E-state index in [-0.39, 0.29) is 0 Å². The summed E-state index contributed by atoms with van der Waals surface area (Å²) >= 11 is 0. The van der Waals surface area contributed by atoms with E-state index in [4.69, 9.17) is 4.74 Å². The van der Waals surface area contributed by atoms with Gasteiger partial charge in [-0.1, -0.05) is 37.3 Å². The molecule has 1 heteroatoms. The average molecular weight is 188 g/mol. The van der Waals surface area contributed by atoms with Gasteiger partial charge < -0.3 is 4.74 Å². The Morgan fingerprint density at radius 1 is 1.36 bits per heavy atom. The molecule has 1 heterocycles. The normalized spacial score (nSPS) is 21.9. The molecule has 0 N–H and O–H groups in total. The van der Waals surface area contributed by atoms with Gasteiger partial charge in [-0.15, -0.1) is 0 Å². The van der Waals surface area contributed by atoms with E-state index < -0.39 is 0 Å². The summed E-state index contributed by atoms with van der Waals surface area (Å²) in [5.41, 5.74) is 1.39. The van der Waals surface area contributed by atoms with Gasteiger partial charge in [0.05, 0.1) is 6.26 Å². The second kappa shape index (κ2) is 4.32. The van der Waals surface area contributed by atoms with Crippen LogP contribution in [-0.2, 0) is 4.74 Å². The van der Waals surface area contributed by atoms with Gasteiger partial charge in [-0.25, -0.2) is 0 Å². The molecule has 1 aromatic carbocycles. The molecule has 0 saturated carbocycles. The smallest absolute Gasteiger partial charge is 0.108 e. The summed E-state index contributed by atoms with van der Waals surface area (Å²) in [6.45, 7) is 2.22. The van der Waals surface area contributed by atoms with Crippen molar-refractivity contribution in [3.05, 3.63) is 48.2 Å². The van der Waals surface area contributed by atoms with Crippen molar-refractivity contribution >= 4 is 0 Å². The number of benzene rings is 1. The van der Waals surface area contributed by atoms with E-state index in [1.54, 1.807) is 0 Å². The Labute approximate surface area is 85.4 Å². The monoisotopic (exact) mass is 188 g/mol. The molecule has 14 heavy (non-hydrogen) atoms. The van der Waals surface area contributed by atoms with Gasteiger partial charge in [0.25, 0.3) is 0 Å². The molecule has 0 aromatic heterocycles. The van der Waals surface area contributed by atoms with Crippen LogP contribution in [0.1, 0.15) is 31.2 Å². The third-order valence-electron chi connectivity index (χ3n) is 2.83. The van der Waals surface area contributed by atoms with E-state index in [1.165, 1.54) is 5.56 Å². The molecule has 0 saturated heterocycles. The van der Waals surface area contributed by atoms with Crippen LogP contribution in [0.25, 0.3) is 0 Å². The van der Waals surface area contributed by atoms with Gasteiger partial charge >= 0.3 is 0 Å². The van der Waals surface area contributed by atoms with Gasteiger partial charge in [-0.3, -0.25) is 0 Å². The van der Waals surface area contributed by atoms with E-state index >= 15 is 0 Å². The van der Waals surface area contributed by atoms with Crippen LogP contribution < -0.4 is 0 Å². The van der Waals surface area contributed by atoms with Crippen LogP contribution in [0.15, 0.2) is 42.7 Å². The second-order valence-electron chi connectivity index (χ2n) is 3.71. The van der Waals surface area contributed by atoms with Gasteiger partial charge in [0, 0.05) is 12.3 Å². The number of hydrogen-bond donors (Lipinski definition) is 0. The first-order chi connectivity index (χ1) is 6.92. The lowest BCUT2D eigenvalue weighted by molar-refractivity contribution is 0.139. The quantitative estimate of drug-likeness (QED) is 0.705. The van der Waals surface area contributed by atoms with Crippen LogP contribution in [0, 0.1) is 0 Å². The molecule has 1 aliphatic heterocycles. The zero-order valence-electron chi connectivity index (χ0n) is 8.52. The fraction of sp³-hybridized carbons (Fsp3) is 0.385. The first-order valence-corrected chi connectivity index (χ1v) is 5.27. The molecule has 0 aliphatic carbocycles. The zero-order valence-corrected chi connectivity index (χ0v) is 8.52. The molecule has 1 aliphatic rings. The van der Waals surface area contributed by atoms with Gasteiger partial charge in [0.15, 0.2) is 0 Å². The highest BCUT2D eigenvalue weighted by Gasteiger charge is 2.23. The lowest BCUT2D eigenvalue weighted by Crippen LogP contribution is -2.16. The van der Waals surface area contributed by atoms with Crippen molar-refractivity contribution in [3.8, 4) is 0 Å². The molecule has 74 valence electrons. The molecule has 2 rings (SSSR count). The second-order valence-corrected chi connectivity index (χ2v) is 3.71. The SMILES string of the molecule is CCC(c1ccccc1)C1CC=CO1. The average Bonchev–Trinajstić information content (AvgIpc) is 2.74. The molecule has 1 aromatic rings. The lowest BCUT2D eigenvalue weighted by atomic mass is 9.90. The van der Waals surface area contributed by atoms with Crippen LogP contribution in [0.5, 0.6) is 0 Å². The van der Waals surface area contributed by atoms with E-state index in [0.29, 0.717) is 12.0 Å². The lowest BCUT2D eigenvalue weighted by Gasteiger charge is -2.22. The predicted octanol–water partition coefficient (Wildman–Crippen LogP) is 3.48. The minimum absolute atomic E-state index is 0.349. The summed E-state index contributed by atoms with van der Waals surface area (Å²) in [5.74, 6) is 0.534. The van der Waals surface area contributed by atoms with E-state index in [1.807, 2.05) is 6.26 Å². The Hall–Kier alpha value is -1.24. The van der Waals surface area contributed by atoms with Crippen LogP contribution in [0.4, 0.5) is 0 Å². The molecule has 0 spiro atoms. The van der Waals surface area contributed by atoms with Crippen LogP contribution in [0.3, 0.4) is 0 Å². The predicted molar refractivity (Wildman–Crippen MR) is 58.1 cm³/mol. The highest BCUT2D eigenvalue weighted by molar-refractivity contribution is 5.21. The van der Waals surface area contributed by atoms with Crippen molar-refractivity contribution in [2.75, 3.05) is 0 Å². The van der Waals surface area contributed by atoms with Crippen LogP contribution in [0.2, 0.25) is 0 Å². The van der Waals surface area contributed by atoms with Crippen molar-refractivity contribution < 1.29 is 4.74 Å². The standard InChI is InChI=1S/C13H16O/c1-2-12(13-9-6-10-14-13)11-7-4-3-5-8-11/h3-8,10,12-13H,2,9H2,1H3. The Kier molecular flexibility index (Phi) is 2.87. The minimum atomic E-state index is 0.349. The first-order valence-electron chi connectivity index (χ1n) is 5.27. The molecule has 1 nitrogen and oxygen atoms in total. The molecular weight excluding hydrogens is 172 g/mol. The molecule has 0 amide bonds. The molecular formula is C13H16O. The summed E-state index contributed by atoms with van der Waals surface area (Å²) in [6, 6.07) is 10.6. The van der Waals surface area contributed by atoms with Gasteiger partial charge in [-0.2, -0.15) is 0 Å². The van der Waals surface area contributed by atoms with Crippen molar-refractivity contribution in [1.82, 2.24) is 0 Å². The van der Waals surface area contributed by atoms with Crippen molar-refractivity contribution in [3.63, 3.8) is 0 Å². The minimum Gasteiger partial charge on any atom is -0.497 e. The number of ether oxygens (including phenoxy) is 1. The first kappa shape index (κ1) is 9.32. The Morgan fingerprint density at radius 2 is 2.14 bits per heavy atom. The maximum atomic E-state index is 5.58. The van der Waals surface area contributed by atoms with E-state index in [0.717, 1.165) is 12.8 Å². The topological polar surface area (TPSA) is 9.23 Å². The van der Waals surface area contributed by atoms with Gasteiger partial charge in [0.1, 0.15) is 6.10 Å². The third-order valence-corrected chi connectivity index (χ3v) is 2.83. The van der Waals surface area contributed by atoms with Crippen molar-refractivity contribution in [2.45, 2.75) is 31.8 Å². The molecule has 0 radical (unpaired) electrons. The van der Waals surface area contributed by atoms with Crippen LogP contribution in [-0.4, -0.2) is 6.10 Å². The summed E-state index contributed by atoms with van der Waals surface area (Å²) in [6.07, 6.45) is 6.47. The molecule has 2 atom stereocenters. The summed E-state index contributed by atoms with van der Waals surface area (Å²) in [7, 11) is 0. The zero-order chi connectivity index (χ0) is 9.80. The third kappa shape index (κ3) is 1.82. The fourth-order valence-electron chi connectivity index (χ4n) is 2.07.